The topological polar surface area (TPSA) is 50.4 Å². The molecule has 0 aliphatic rings. The van der Waals surface area contributed by atoms with Crippen LogP contribution in [0.25, 0.3) is 0 Å². The zero-order valence-electron chi connectivity index (χ0n) is 12.7. The molecule has 0 spiro atoms. The maximum absolute atomic E-state index is 11.7. The second-order valence-corrected chi connectivity index (χ2v) is 5.72. The van der Waals surface area contributed by atoms with Crippen LogP contribution in [0.2, 0.25) is 5.02 Å². The second-order valence-electron chi connectivity index (χ2n) is 5.31. The van der Waals surface area contributed by atoms with E-state index in [0.29, 0.717) is 26.2 Å². The fourth-order valence-corrected chi connectivity index (χ4v) is 2.26. The van der Waals surface area contributed by atoms with Gasteiger partial charge in [0.05, 0.1) is 13.2 Å². The summed E-state index contributed by atoms with van der Waals surface area (Å²) in [6.07, 6.45) is 0. The van der Waals surface area contributed by atoms with Gasteiger partial charge in [-0.2, -0.15) is 0 Å². The summed E-state index contributed by atoms with van der Waals surface area (Å²) in [7, 11) is 1.63. The maximum Gasteiger partial charge on any atom is 0.233 e. The molecule has 0 aliphatic carbocycles. The molecule has 1 amide bonds. The van der Waals surface area contributed by atoms with Gasteiger partial charge in [-0.3, -0.25) is 4.79 Å². The van der Waals surface area contributed by atoms with Gasteiger partial charge in [-0.15, -0.1) is 12.4 Å². The number of ether oxygens (including phenoxy) is 1. The Morgan fingerprint density at radius 3 is 2.62 bits per heavy atom. The van der Waals surface area contributed by atoms with E-state index in [9.17, 15) is 4.79 Å². The average Bonchev–Trinajstić information content (AvgIpc) is 2.42. The highest BCUT2D eigenvalue weighted by molar-refractivity contribution is 6.31. The number of amides is 1. The lowest BCUT2D eigenvalue weighted by atomic mass is 9.84. The third-order valence-electron chi connectivity index (χ3n) is 3.10. The Labute approximate surface area is 138 Å². The van der Waals surface area contributed by atoms with Crippen molar-refractivity contribution in [3.05, 3.63) is 34.9 Å². The van der Waals surface area contributed by atoms with Gasteiger partial charge in [0.15, 0.2) is 0 Å². The number of hydrogen-bond acceptors (Lipinski definition) is 3. The third kappa shape index (κ3) is 7.14. The van der Waals surface area contributed by atoms with Crippen molar-refractivity contribution >= 4 is 29.9 Å². The van der Waals surface area contributed by atoms with E-state index in [1.165, 1.54) is 0 Å². The van der Waals surface area contributed by atoms with Crippen LogP contribution in [0.15, 0.2) is 24.3 Å². The molecule has 0 heterocycles. The van der Waals surface area contributed by atoms with E-state index < -0.39 is 0 Å². The number of carbonyl (C=O) groups excluding carboxylic acids is 1. The maximum atomic E-state index is 11.7. The molecule has 120 valence electrons. The summed E-state index contributed by atoms with van der Waals surface area (Å²) >= 11 is 6.20. The Balaban J connectivity index is 0.00000400. The number of halogens is 2. The van der Waals surface area contributed by atoms with E-state index in [4.69, 9.17) is 16.3 Å². The van der Waals surface area contributed by atoms with Crippen molar-refractivity contribution in [1.29, 1.82) is 0 Å². The summed E-state index contributed by atoms with van der Waals surface area (Å²) in [4.78, 5) is 11.7. The predicted octanol–water partition coefficient (Wildman–Crippen LogP) is 2.39. The molecule has 4 nitrogen and oxygen atoms in total. The number of hydrogen-bond donors (Lipinski definition) is 2. The highest BCUT2D eigenvalue weighted by atomic mass is 35.5. The third-order valence-corrected chi connectivity index (χ3v) is 3.43. The first kappa shape index (κ1) is 20.2. The Kier molecular flexibility index (Phi) is 9.62. The van der Waals surface area contributed by atoms with Gasteiger partial charge >= 0.3 is 0 Å². The lowest BCUT2D eigenvalue weighted by Gasteiger charge is -2.26. The predicted molar refractivity (Wildman–Crippen MR) is 89.5 cm³/mol. The van der Waals surface area contributed by atoms with Gasteiger partial charge in [-0.25, -0.2) is 0 Å². The Bertz CT molecular complexity index is 439. The first-order valence-corrected chi connectivity index (χ1v) is 7.06. The molecule has 1 aromatic carbocycles. The zero-order chi connectivity index (χ0) is 15.0. The molecule has 0 aliphatic heterocycles. The number of benzene rings is 1. The smallest absolute Gasteiger partial charge is 0.233 e. The highest BCUT2D eigenvalue weighted by Gasteiger charge is 2.23. The van der Waals surface area contributed by atoms with E-state index in [0.717, 1.165) is 10.6 Å². The fraction of sp³-hybridized carbons (Fsp3) is 0.533. The normalized spacial score (nSPS) is 10.9. The molecule has 0 fully saturated rings. The number of methoxy groups -OCH3 is 1. The van der Waals surface area contributed by atoms with Crippen LogP contribution in [-0.2, 0) is 14.9 Å². The van der Waals surface area contributed by atoms with Crippen molar-refractivity contribution in [1.82, 2.24) is 10.6 Å². The van der Waals surface area contributed by atoms with Crippen molar-refractivity contribution in [3.8, 4) is 0 Å². The largest absolute Gasteiger partial charge is 0.383 e. The van der Waals surface area contributed by atoms with Gasteiger partial charge in [0.2, 0.25) is 5.91 Å². The van der Waals surface area contributed by atoms with Gasteiger partial charge in [-0.1, -0.05) is 43.6 Å². The Hall–Kier alpha value is -0.810. The molecule has 2 N–H and O–H groups in total. The fourth-order valence-electron chi connectivity index (χ4n) is 1.86. The first-order valence-electron chi connectivity index (χ1n) is 6.69. The molecule has 0 unspecified atom stereocenters. The minimum absolute atomic E-state index is 0. The van der Waals surface area contributed by atoms with Crippen molar-refractivity contribution < 1.29 is 9.53 Å². The van der Waals surface area contributed by atoms with Crippen LogP contribution in [0.1, 0.15) is 19.4 Å². The Morgan fingerprint density at radius 2 is 2.00 bits per heavy atom. The zero-order valence-corrected chi connectivity index (χ0v) is 14.3. The van der Waals surface area contributed by atoms with Gasteiger partial charge in [-0.05, 0) is 11.6 Å². The Morgan fingerprint density at radius 1 is 1.33 bits per heavy atom. The SMILES string of the molecule is COCCNCC(=O)NCC(C)(C)c1ccccc1Cl.Cl. The van der Waals surface area contributed by atoms with Crippen LogP contribution >= 0.6 is 24.0 Å². The summed E-state index contributed by atoms with van der Waals surface area (Å²) in [5, 5.41) is 6.66. The van der Waals surface area contributed by atoms with Crippen molar-refractivity contribution in [2.45, 2.75) is 19.3 Å². The van der Waals surface area contributed by atoms with E-state index >= 15 is 0 Å². The molecular weight excluding hydrogens is 311 g/mol. The molecule has 0 aromatic heterocycles. The van der Waals surface area contributed by atoms with Gasteiger partial charge in [0.25, 0.3) is 0 Å². The summed E-state index contributed by atoms with van der Waals surface area (Å²) in [5.74, 6) is -0.0266. The van der Waals surface area contributed by atoms with Gasteiger partial charge in [0, 0.05) is 30.6 Å². The quantitative estimate of drug-likeness (QED) is 0.717. The molecule has 6 heteroatoms. The van der Waals surface area contributed by atoms with E-state index in [1.54, 1.807) is 7.11 Å². The molecule has 0 bridgehead atoms. The second kappa shape index (κ2) is 10.0. The standard InChI is InChI=1S/C15H23ClN2O2.ClH/c1-15(2,12-6-4-5-7-13(12)16)11-18-14(19)10-17-8-9-20-3;/h4-7,17H,8-11H2,1-3H3,(H,18,19);1H. The van der Waals surface area contributed by atoms with E-state index in [2.05, 4.69) is 24.5 Å². The molecule has 0 radical (unpaired) electrons. The van der Waals surface area contributed by atoms with Crippen molar-refractivity contribution in [3.63, 3.8) is 0 Å². The van der Waals surface area contributed by atoms with Gasteiger partial charge in [0.1, 0.15) is 0 Å². The first-order chi connectivity index (χ1) is 9.47. The lowest BCUT2D eigenvalue weighted by molar-refractivity contribution is -0.120. The molecule has 0 saturated carbocycles. The number of carbonyl (C=O) groups is 1. The molecule has 0 atom stereocenters. The summed E-state index contributed by atoms with van der Waals surface area (Å²) in [6.45, 7) is 6.22. The van der Waals surface area contributed by atoms with Crippen molar-refractivity contribution in [2.24, 2.45) is 0 Å². The summed E-state index contributed by atoms with van der Waals surface area (Å²) in [6, 6.07) is 7.72. The summed E-state index contributed by atoms with van der Waals surface area (Å²) in [5.41, 5.74) is 0.829. The van der Waals surface area contributed by atoms with Crippen LogP contribution < -0.4 is 10.6 Å². The molecule has 21 heavy (non-hydrogen) atoms. The summed E-state index contributed by atoms with van der Waals surface area (Å²) < 4.78 is 4.90. The van der Waals surface area contributed by atoms with Gasteiger partial charge < -0.3 is 15.4 Å². The average molecular weight is 335 g/mol. The van der Waals surface area contributed by atoms with Crippen LogP contribution in [0.4, 0.5) is 0 Å². The van der Waals surface area contributed by atoms with Crippen LogP contribution in [0, 0.1) is 0 Å². The minimum atomic E-state index is -0.208. The minimum Gasteiger partial charge on any atom is -0.383 e. The van der Waals surface area contributed by atoms with E-state index in [1.807, 2.05) is 24.3 Å². The molecule has 1 rings (SSSR count). The van der Waals surface area contributed by atoms with Crippen LogP contribution in [-0.4, -0.2) is 39.3 Å². The molecular formula is C15H24Cl2N2O2. The number of rotatable bonds is 8. The molecule has 0 saturated heterocycles. The van der Waals surface area contributed by atoms with Crippen LogP contribution in [0.5, 0.6) is 0 Å². The monoisotopic (exact) mass is 334 g/mol. The lowest BCUT2D eigenvalue weighted by Crippen LogP contribution is -2.41. The number of nitrogens with one attached hydrogen (secondary N) is 2. The van der Waals surface area contributed by atoms with Crippen LogP contribution in [0.3, 0.4) is 0 Å². The highest BCUT2D eigenvalue weighted by Crippen LogP contribution is 2.28. The van der Waals surface area contributed by atoms with Crippen molar-refractivity contribution in [2.75, 3.05) is 33.4 Å². The van der Waals surface area contributed by atoms with E-state index in [-0.39, 0.29) is 23.7 Å². The molecule has 1 aromatic rings.